The lowest BCUT2D eigenvalue weighted by Crippen LogP contribution is -2.26. The molecule has 162 valence electrons. The molecule has 0 aliphatic rings. The fraction of sp³-hybridized carbons (Fsp3) is 0.174. The predicted octanol–water partition coefficient (Wildman–Crippen LogP) is 5.11. The van der Waals surface area contributed by atoms with Gasteiger partial charge in [0.15, 0.2) is 0 Å². The minimum atomic E-state index is -3.81. The van der Waals surface area contributed by atoms with Gasteiger partial charge in [0, 0.05) is 34.3 Å². The molecule has 0 unspecified atom stereocenters. The number of halogens is 1. The third-order valence-corrected chi connectivity index (χ3v) is 7.29. The van der Waals surface area contributed by atoms with Gasteiger partial charge in [-0.3, -0.25) is 9.52 Å². The summed E-state index contributed by atoms with van der Waals surface area (Å²) in [6, 6.07) is 21.0. The van der Waals surface area contributed by atoms with Crippen LogP contribution >= 0.6 is 23.4 Å². The van der Waals surface area contributed by atoms with Crippen molar-refractivity contribution in [3.05, 3.63) is 94.5 Å². The maximum atomic E-state index is 12.8. The van der Waals surface area contributed by atoms with E-state index < -0.39 is 10.0 Å². The number of nitrogens with one attached hydrogen (secondary N) is 2. The van der Waals surface area contributed by atoms with E-state index >= 15 is 0 Å². The maximum Gasteiger partial charge on any atom is 0.262 e. The monoisotopic (exact) mass is 474 g/mol. The van der Waals surface area contributed by atoms with Crippen LogP contribution in [0.5, 0.6) is 0 Å². The molecule has 3 aromatic rings. The third-order valence-electron chi connectivity index (χ3n) is 4.48. The van der Waals surface area contributed by atoms with Gasteiger partial charge in [0.2, 0.25) is 0 Å². The summed E-state index contributed by atoms with van der Waals surface area (Å²) < 4.78 is 28.1. The van der Waals surface area contributed by atoms with E-state index in [1.807, 2.05) is 30.3 Å². The van der Waals surface area contributed by atoms with Gasteiger partial charge in [-0.2, -0.15) is 11.8 Å². The molecule has 0 saturated carbocycles. The first kappa shape index (κ1) is 23.2. The highest BCUT2D eigenvalue weighted by Gasteiger charge is 2.19. The lowest BCUT2D eigenvalue weighted by Gasteiger charge is -2.12. The van der Waals surface area contributed by atoms with Gasteiger partial charge in [-0.05, 0) is 54.4 Å². The Morgan fingerprint density at radius 1 is 1.00 bits per heavy atom. The molecule has 0 atom stereocenters. The van der Waals surface area contributed by atoms with E-state index in [9.17, 15) is 13.2 Å². The molecule has 0 aromatic heterocycles. The number of benzene rings is 3. The number of hydrogen-bond donors (Lipinski definition) is 2. The van der Waals surface area contributed by atoms with Crippen LogP contribution in [-0.4, -0.2) is 26.6 Å². The summed E-state index contributed by atoms with van der Waals surface area (Å²) in [7, 11) is -3.81. The van der Waals surface area contributed by atoms with Crippen molar-refractivity contribution >= 4 is 45.0 Å². The van der Waals surface area contributed by atoms with Crippen LogP contribution in [0.15, 0.2) is 77.7 Å². The summed E-state index contributed by atoms with van der Waals surface area (Å²) in [6.45, 7) is 2.18. The van der Waals surface area contributed by atoms with E-state index in [1.54, 1.807) is 55.1 Å². The van der Waals surface area contributed by atoms with Gasteiger partial charge < -0.3 is 5.32 Å². The predicted molar refractivity (Wildman–Crippen MR) is 128 cm³/mol. The summed E-state index contributed by atoms with van der Waals surface area (Å²) in [5.41, 5.74) is 2.51. The molecular weight excluding hydrogens is 452 g/mol. The first-order chi connectivity index (χ1) is 14.8. The Hall–Kier alpha value is -2.48. The van der Waals surface area contributed by atoms with Crippen LogP contribution in [0.3, 0.4) is 0 Å². The van der Waals surface area contributed by atoms with Crippen molar-refractivity contribution < 1.29 is 13.2 Å². The van der Waals surface area contributed by atoms with Gasteiger partial charge in [-0.15, -0.1) is 0 Å². The molecule has 0 bridgehead atoms. The number of rotatable bonds is 9. The standard InChI is InChI=1S/C23H23ClN2O3S2/c1-17-7-10-19(15-22(17)31(28,29)26-21-5-3-2-4-6-21)23(27)25-13-14-30-16-18-8-11-20(24)12-9-18/h2-12,15,26H,13-14,16H2,1H3,(H,25,27). The van der Waals surface area contributed by atoms with Crippen LogP contribution in [0, 0.1) is 6.92 Å². The Kier molecular flexibility index (Phi) is 8.01. The lowest BCUT2D eigenvalue weighted by atomic mass is 10.1. The Labute approximate surface area is 192 Å². The molecule has 31 heavy (non-hydrogen) atoms. The van der Waals surface area contributed by atoms with Crippen molar-refractivity contribution in [3.63, 3.8) is 0 Å². The molecule has 0 fully saturated rings. The molecule has 0 saturated heterocycles. The van der Waals surface area contributed by atoms with Crippen molar-refractivity contribution in [2.45, 2.75) is 17.6 Å². The van der Waals surface area contributed by atoms with Crippen LogP contribution in [0.2, 0.25) is 5.02 Å². The Morgan fingerprint density at radius 3 is 2.42 bits per heavy atom. The van der Waals surface area contributed by atoms with Crippen LogP contribution < -0.4 is 10.0 Å². The van der Waals surface area contributed by atoms with Crippen LogP contribution in [0.4, 0.5) is 5.69 Å². The molecule has 0 heterocycles. The van der Waals surface area contributed by atoms with Crippen LogP contribution in [0.25, 0.3) is 0 Å². The Morgan fingerprint density at radius 2 is 1.71 bits per heavy atom. The number of anilines is 1. The van der Waals surface area contributed by atoms with E-state index in [-0.39, 0.29) is 10.8 Å². The molecule has 5 nitrogen and oxygen atoms in total. The van der Waals surface area contributed by atoms with Crippen LogP contribution in [0.1, 0.15) is 21.5 Å². The van der Waals surface area contributed by atoms with E-state index in [4.69, 9.17) is 11.6 Å². The zero-order valence-electron chi connectivity index (χ0n) is 17.0. The van der Waals surface area contributed by atoms with Crippen LogP contribution in [-0.2, 0) is 15.8 Å². The zero-order valence-corrected chi connectivity index (χ0v) is 19.4. The Bertz CT molecular complexity index is 1140. The molecule has 0 spiro atoms. The third kappa shape index (κ3) is 6.75. The topological polar surface area (TPSA) is 75.3 Å². The number of hydrogen-bond acceptors (Lipinski definition) is 4. The van der Waals surface area contributed by atoms with Crippen molar-refractivity contribution in [2.75, 3.05) is 17.0 Å². The van der Waals surface area contributed by atoms with Gasteiger partial charge in [0.05, 0.1) is 4.90 Å². The number of thioether (sulfide) groups is 1. The highest BCUT2D eigenvalue weighted by molar-refractivity contribution is 7.98. The minimum Gasteiger partial charge on any atom is -0.351 e. The summed E-state index contributed by atoms with van der Waals surface area (Å²) in [6.07, 6.45) is 0. The molecule has 0 aliphatic carbocycles. The van der Waals surface area contributed by atoms with Crippen molar-refractivity contribution in [1.82, 2.24) is 5.32 Å². The molecule has 3 rings (SSSR count). The van der Waals surface area contributed by atoms with E-state index in [2.05, 4.69) is 10.0 Å². The molecule has 0 aliphatic heterocycles. The van der Waals surface area contributed by atoms with Gasteiger partial charge in [0.25, 0.3) is 15.9 Å². The maximum absolute atomic E-state index is 12.8. The first-order valence-corrected chi connectivity index (χ1v) is 12.7. The molecule has 2 N–H and O–H groups in total. The quantitative estimate of drug-likeness (QED) is 0.422. The van der Waals surface area contributed by atoms with Gasteiger partial charge in [-0.25, -0.2) is 8.42 Å². The SMILES string of the molecule is Cc1ccc(C(=O)NCCSCc2ccc(Cl)cc2)cc1S(=O)(=O)Nc1ccccc1. The fourth-order valence-electron chi connectivity index (χ4n) is 2.86. The molecule has 3 aromatic carbocycles. The second kappa shape index (κ2) is 10.7. The minimum absolute atomic E-state index is 0.0844. The number of carbonyl (C=O) groups excluding carboxylic acids is 1. The first-order valence-electron chi connectivity index (χ1n) is 9.64. The molecule has 0 radical (unpaired) electrons. The number of para-hydroxylation sites is 1. The van der Waals surface area contributed by atoms with Gasteiger partial charge in [-0.1, -0.05) is 48.0 Å². The molecule has 1 amide bonds. The van der Waals surface area contributed by atoms with E-state index in [0.29, 0.717) is 28.4 Å². The Balaban J connectivity index is 1.57. The smallest absolute Gasteiger partial charge is 0.262 e. The highest BCUT2D eigenvalue weighted by atomic mass is 35.5. The fourth-order valence-corrected chi connectivity index (χ4v) is 5.13. The van der Waals surface area contributed by atoms with Gasteiger partial charge >= 0.3 is 0 Å². The van der Waals surface area contributed by atoms with Crippen molar-refractivity contribution in [2.24, 2.45) is 0 Å². The highest BCUT2D eigenvalue weighted by Crippen LogP contribution is 2.21. The summed E-state index contributed by atoms with van der Waals surface area (Å²) in [5, 5.41) is 3.55. The van der Waals surface area contributed by atoms with Crippen molar-refractivity contribution in [3.8, 4) is 0 Å². The van der Waals surface area contributed by atoms with Gasteiger partial charge in [0.1, 0.15) is 0 Å². The normalized spacial score (nSPS) is 11.2. The number of carbonyl (C=O) groups is 1. The van der Waals surface area contributed by atoms with E-state index in [1.165, 1.54) is 11.6 Å². The zero-order chi connectivity index (χ0) is 22.3. The molecular formula is C23H23ClN2O3S2. The summed E-state index contributed by atoms with van der Waals surface area (Å²) >= 11 is 7.58. The number of amides is 1. The summed E-state index contributed by atoms with van der Waals surface area (Å²) in [5.74, 6) is 1.26. The molecule has 8 heteroatoms. The second-order valence-electron chi connectivity index (χ2n) is 6.89. The second-order valence-corrected chi connectivity index (χ2v) is 10.1. The lowest BCUT2D eigenvalue weighted by molar-refractivity contribution is 0.0956. The number of sulfonamides is 1. The summed E-state index contributed by atoms with van der Waals surface area (Å²) in [4.78, 5) is 12.6. The van der Waals surface area contributed by atoms with Crippen molar-refractivity contribution in [1.29, 1.82) is 0 Å². The largest absolute Gasteiger partial charge is 0.351 e. The average Bonchev–Trinajstić information content (AvgIpc) is 2.75. The van der Waals surface area contributed by atoms with E-state index in [0.717, 1.165) is 11.5 Å². The number of aryl methyl sites for hydroxylation is 1. The average molecular weight is 475 g/mol.